The molecule has 9 heteroatoms. The third-order valence-corrected chi connectivity index (χ3v) is 6.84. The summed E-state index contributed by atoms with van der Waals surface area (Å²) in [6.45, 7) is 3.32. The van der Waals surface area contributed by atoms with E-state index in [0.717, 1.165) is 36.6 Å². The number of aromatic nitrogens is 3. The molecule has 2 atom stereocenters. The van der Waals surface area contributed by atoms with E-state index in [9.17, 15) is 9.18 Å². The molecule has 1 aliphatic heterocycles. The van der Waals surface area contributed by atoms with Crippen LogP contribution in [-0.2, 0) is 16.1 Å². The van der Waals surface area contributed by atoms with Gasteiger partial charge in [-0.15, -0.1) is 10.2 Å². The van der Waals surface area contributed by atoms with E-state index in [2.05, 4.69) is 15.5 Å². The number of nitrogens with one attached hydrogen (secondary N) is 1. The van der Waals surface area contributed by atoms with Crippen LogP contribution < -0.4 is 10.1 Å². The number of ether oxygens (including phenoxy) is 2. The molecule has 7 nitrogen and oxygen atoms in total. The normalized spacial score (nSPS) is 16.5. The molecule has 1 N–H and O–H groups in total. The Bertz CT molecular complexity index is 1070. The number of thioether (sulfide) groups is 1. The van der Waals surface area contributed by atoms with Gasteiger partial charge in [0.2, 0.25) is 5.91 Å². The van der Waals surface area contributed by atoms with Crippen LogP contribution in [0.1, 0.15) is 26.2 Å². The molecule has 1 fully saturated rings. The number of nitrogens with zero attached hydrogens (tertiary/aromatic N) is 3. The Hall–Kier alpha value is -2.91. The number of amides is 1. The van der Waals surface area contributed by atoms with E-state index in [1.54, 1.807) is 19.2 Å². The maximum atomic E-state index is 13.2. The van der Waals surface area contributed by atoms with Crippen molar-refractivity contribution in [3.8, 4) is 17.1 Å². The molecular weight excluding hydrogens is 443 g/mol. The summed E-state index contributed by atoms with van der Waals surface area (Å²) in [4.78, 5) is 12.9. The van der Waals surface area contributed by atoms with Gasteiger partial charge >= 0.3 is 0 Å². The minimum Gasteiger partial charge on any atom is -0.497 e. The Morgan fingerprint density at radius 1 is 1.24 bits per heavy atom. The first kappa shape index (κ1) is 23.3. The number of halogens is 1. The van der Waals surface area contributed by atoms with Crippen molar-refractivity contribution in [1.82, 2.24) is 14.8 Å². The monoisotopic (exact) mass is 470 g/mol. The van der Waals surface area contributed by atoms with Crippen LogP contribution in [0.25, 0.3) is 11.4 Å². The highest BCUT2D eigenvalue weighted by Crippen LogP contribution is 2.31. The molecule has 33 heavy (non-hydrogen) atoms. The number of hydrogen-bond acceptors (Lipinski definition) is 6. The molecule has 1 aliphatic rings. The average molecular weight is 471 g/mol. The van der Waals surface area contributed by atoms with Crippen LogP contribution in [-0.4, -0.2) is 45.7 Å². The zero-order valence-electron chi connectivity index (χ0n) is 18.7. The van der Waals surface area contributed by atoms with Crippen molar-refractivity contribution < 1.29 is 18.7 Å². The van der Waals surface area contributed by atoms with E-state index in [0.29, 0.717) is 23.8 Å². The Kier molecular flexibility index (Phi) is 7.61. The van der Waals surface area contributed by atoms with Crippen LogP contribution in [0.3, 0.4) is 0 Å². The molecular formula is C24H27FN4O3S. The topological polar surface area (TPSA) is 78.3 Å². The number of benzene rings is 2. The number of anilines is 1. The molecule has 4 rings (SSSR count). The van der Waals surface area contributed by atoms with Crippen LogP contribution in [0.2, 0.25) is 0 Å². The molecule has 3 aromatic rings. The van der Waals surface area contributed by atoms with Gasteiger partial charge in [-0.1, -0.05) is 18.7 Å². The first-order valence-electron chi connectivity index (χ1n) is 11.0. The summed E-state index contributed by atoms with van der Waals surface area (Å²) in [6.07, 6.45) is 2.70. The first-order valence-corrected chi connectivity index (χ1v) is 11.9. The fourth-order valence-electron chi connectivity index (χ4n) is 3.69. The van der Waals surface area contributed by atoms with Crippen LogP contribution in [0, 0.1) is 5.82 Å². The van der Waals surface area contributed by atoms with Crippen LogP contribution in [0.15, 0.2) is 53.7 Å². The summed E-state index contributed by atoms with van der Waals surface area (Å²) >= 11 is 1.38. The molecule has 174 valence electrons. The SMILES string of the molecule is CC[C@H](Sc1nnc(-c2ccc(OC)cc2)n1C[C@@H]1CCCO1)C(=O)Nc1ccc(F)cc1. The van der Waals surface area contributed by atoms with Crippen molar-refractivity contribution in [2.45, 2.75) is 49.2 Å². The van der Waals surface area contributed by atoms with Gasteiger partial charge in [0.25, 0.3) is 0 Å². The van der Waals surface area contributed by atoms with E-state index in [4.69, 9.17) is 9.47 Å². The van der Waals surface area contributed by atoms with E-state index in [1.807, 2.05) is 35.8 Å². The van der Waals surface area contributed by atoms with Gasteiger partial charge in [-0.3, -0.25) is 9.36 Å². The van der Waals surface area contributed by atoms with Crippen LogP contribution >= 0.6 is 11.8 Å². The predicted molar refractivity (Wildman–Crippen MR) is 126 cm³/mol. The lowest BCUT2D eigenvalue weighted by molar-refractivity contribution is -0.115. The van der Waals surface area contributed by atoms with Crippen molar-refractivity contribution in [1.29, 1.82) is 0 Å². The van der Waals surface area contributed by atoms with Crippen LogP contribution in [0.4, 0.5) is 10.1 Å². The summed E-state index contributed by atoms with van der Waals surface area (Å²) < 4.78 is 26.3. The number of carbonyl (C=O) groups is 1. The maximum absolute atomic E-state index is 13.2. The number of rotatable bonds is 9. The quantitative estimate of drug-likeness (QED) is 0.454. The molecule has 1 amide bonds. The van der Waals surface area contributed by atoms with Gasteiger partial charge in [0.15, 0.2) is 11.0 Å². The third kappa shape index (κ3) is 5.72. The molecule has 0 spiro atoms. The molecule has 2 heterocycles. The summed E-state index contributed by atoms with van der Waals surface area (Å²) in [6, 6.07) is 13.4. The largest absolute Gasteiger partial charge is 0.497 e. The Labute approximate surface area is 196 Å². The Morgan fingerprint density at radius 2 is 2.00 bits per heavy atom. The highest BCUT2D eigenvalue weighted by atomic mass is 32.2. The average Bonchev–Trinajstić information content (AvgIpc) is 3.49. The third-order valence-electron chi connectivity index (χ3n) is 5.50. The summed E-state index contributed by atoms with van der Waals surface area (Å²) in [5.41, 5.74) is 1.47. The second-order valence-corrected chi connectivity index (χ2v) is 8.96. The Morgan fingerprint density at radius 3 is 2.64 bits per heavy atom. The molecule has 0 radical (unpaired) electrons. The van der Waals surface area contributed by atoms with Gasteiger partial charge < -0.3 is 14.8 Å². The van der Waals surface area contributed by atoms with Crippen molar-refractivity contribution >= 4 is 23.4 Å². The lowest BCUT2D eigenvalue weighted by Gasteiger charge is -2.18. The van der Waals surface area contributed by atoms with E-state index in [-0.39, 0.29) is 23.1 Å². The van der Waals surface area contributed by atoms with Gasteiger partial charge in [-0.25, -0.2) is 4.39 Å². The molecule has 0 aliphatic carbocycles. The lowest BCUT2D eigenvalue weighted by atomic mass is 10.2. The van der Waals surface area contributed by atoms with Crippen molar-refractivity contribution in [2.24, 2.45) is 0 Å². The maximum Gasteiger partial charge on any atom is 0.237 e. The van der Waals surface area contributed by atoms with Crippen molar-refractivity contribution in [2.75, 3.05) is 19.0 Å². The van der Waals surface area contributed by atoms with Gasteiger partial charge in [-0.05, 0) is 67.8 Å². The summed E-state index contributed by atoms with van der Waals surface area (Å²) in [5.74, 6) is 0.987. The molecule has 0 saturated carbocycles. The van der Waals surface area contributed by atoms with Gasteiger partial charge in [0, 0.05) is 17.9 Å². The van der Waals surface area contributed by atoms with Crippen molar-refractivity contribution in [3.05, 3.63) is 54.3 Å². The first-order chi connectivity index (χ1) is 16.1. The minimum absolute atomic E-state index is 0.0884. The smallest absolute Gasteiger partial charge is 0.237 e. The van der Waals surface area contributed by atoms with Crippen LogP contribution in [0.5, 0.6) is 5.75 Å². The second-order valence-electron chi connectivity index (χ2n) is 7.79. The molecule has 0 bridgehead atoms. The standard InChI is InChI=1S/C24H27FN4O3S/c1-3-21(23(30)26-18-10-8-17(25)9-11-18)33-24-28-27-22(16-6-12-19(31-2)13-7-16)29(24)15-20-5-4-14-32-20/h6-13,20-21H,3-5,14-15H2,1-2H3,(H,26,30)/t20-,21-/m0/s1. The zero-order chi connectivity index (χ0) is 23.2. The fraction of sp³-hybridized carbons (Fsp3) is 0.375. The van der Waals surface area contributed by atoms with E-state index < -0.39 is 0 Å². The predicted octanol–water partition coefficient (Wildman–Crippen LogP) is 4.78. The Balaban J connectivity index is 1.57. The fourth-order valence-corrected chi connectivity index (χ4v) is 4.65. The summed E-state index contributed by atoms with van der Waals surface area (Å²) in [7, 11) is 1.63. The molecule has 2 aromatic carbocycles. The molecule has 1 aromatic heterocycles. The molecule has 0 unspecified atom stereocenters. The van der Waals surface area contributed by atoms with Gasteiger partial charge in [-0.2, -0.15) is 0 Å². The summed E-state index contributed by atoms with van der Waals surface area (Å²) in [5, 5.41) is 12.0. The zero-order valence-corrected chi connectivity index (χ0v) is 19.5. The van der Waals surface area contributed by atoms with Gasteiger partial charge in [0.05, 0.1) is 25.0 Å². The molecule has 1 saturated heterocycles. The number of hydrogen-bond donors (Lipinski definition) is 1. The highest BCUT2D eigenvalue weighted by Gasteiger charge is 2.26. The highest BCUT2D eigenvalue weighted by molar-refractivity contribution is 8.00. The van der Waals surface area contributed by atoms with Gasteiger partial charge in [0.1, 0.15) is 11.6 Å². The number of methoxy groups -OCH3 is 1. The second kappa shape index (κ2) is 10.8. The number of carbonyl (C=O) groups excluding carboxylic acids is 1. The minimum atomic E-state index is -0.383. The van der Waals surface area contributed by atoms with Crippen molar-refractivity contribution in [3.63, 3.8) is 0 Å². The van der Waals surface area contributed by atoms with E-state index >= 15 is 0 Å². The lowest BCUT2D eigenvalue weighted by Crippen LogP contribution is -2.25. The van der Waals surface area contributed by atoms with E-state index in [1.165, 1.54) is 23.9 Å².